The SMILES string of the molecule is Cc1nc(CCC(=O)N2CCc3c(nc(-c4ccccc4)[nH]c3=O)C2)n[nH]1. The number of aryl methyl sites for hydroxylation is 2. The fourth-order valence-electron chi connectivity index (χ4n) is 3.26. The van der Waals surface area contributed by atoms with E-state index >= 15 is 0 Å². The lowest BCUT2D eigenvalue weighted by Crippen LogP contribution is -2.39. The number of carbonyl (C=O) groups excluding carboxylic acids is 1. The number of fused-ring (bicyclic) bond motifs is 1. The molecule has 0 saturated carbocycles. The first-order valence-electron chi connectivity index (χ1n) is 8.93. The van der Waals surface area contributed by atoms with Gasteiger partial charge >= 0.3 is 0 Å². The minimum absolute atomic E-state index is 0.0199. The van der Waals surface area contributed by atoms with E-state index < -0.39 is 0 Å². The quantitative estimate of drug-likeness (QED) is 0.727. The minimum Gasteiger partial charge on any atom is -0.336 e. The number of rotatable bonds is 4. The first kappa shape index (κ1) is 17.1. The molecule has 3 aromatic rings. The van der Waals surface area contributed by atoms with Crippen LogP contribution >= 0.6 is 0 Å². The van der Waals surface area contributed by atoms with Crippen LogP contribution in [0.4, 0.5) is 0 Å². The molecule has 1 aromatic carbocycles. The third kappa shape index (κ3) is 3.64. The van der Waals surface area contributed by atoms with E-state index in [9.17, 15) is 9.59 Å². The molecule has 8 nitrogen and oxygen atoms in total. The van der Waals surface area contributed by atoms with E-state index in [4.69, 9.17) is 0 Å². The number of H-pyrrole nitrogens is 2. The molecule has 0 unspecified atom stereocenters. The Bertz CT molecular complexity index is 1020. The highest BCUT2D eigenvalue weighted by atomic mass is 16.2. The molecular weight excluding hydrogens is 344 g/mol. The Morgan fingerprint density at radius 2 is 2.04 bits per heavy atom. The Hall–Kier alpha value is -3.29. The molecule has 0 saturated heterocycles. The Morgan fingerprint density at radius 1 is 1.22 bits per heavy atom. The van der Waals surface area contributed by atoms with Gasteiger partial charge in [0.05, 0.1) is 12.2 Å². The molecule has 1 aliphatic heterocycles. The Morgan fingerprint density at radius 3 is 2.78 bits per heavy atom. The average Bonchev–Trinajstić information content (AvgIpc) is 3.11. The average molecular weight is 364 g/mol. The van der Waals surface area contributed by atoms with Crippen molar-refractivity contribution in [2.24, 2.45) is 0 Å². The van der Waals surface area contributed by atoms with E-state index in [0.29, 0.717) is 55.3 Å². The molecule has 0 aliphatic carbocycles. The lowest BCUT2D eigenvalue weighted by atomic mass is 10.1. The van der Waals surface area contributed by atoms with Crippen LogP contribution in [0, 0.1) is 6.92 Å². The molecule has 4 rings (SSSR count). The predicted octanol–water partition coefficient (Wildman–Crippen LogP) is 1.38. The summed E-state index contributed by atoms with van der Waals surface area (Å²) in [7, 11) is 0. The van der Waals surface area contributed by atoms with Gasteiger partial charge in [0.25, 0.3) is 5.56 Å². The monoisotopic (exact) mass is 364 g/mol. The maximum absolute atomic E-state index is 12.6. The lowest BCUT2D eigenvalue weighted by molar-refractivity contribution is -0.132. The van der Waals surface area contributed by atoms with Gasteiger partial charge in [0, 0.05) is 30.5 Å². The summed E-state index contributed by atoms with van der Waals surface area (Å²) in [6.45, 7) is 2.70. The second-order valence-electron chi connectivity index (χ2n) is 6.61. The van der Waals surface area contributed by atoms with Gasteiger partial charge in [0.1, 0.15) is 11.6 Å². The molecule has 0 radical (unpaired) electrons. The zero-order valence-electron chi connectivity index (χ0n) is 15.0. The van der Waals surface area contributed by atoms with Gasteiger partial charge in [-0.1, -0.05) is 30.3 Å². The number of aromatic nitrogens is 5. The number of amides is 1. The molecule has 0 fully saturated rings. The van der Waals surface area contributed by atoms with Gasteiger partial charge in [0.2, 0.25) is 5.91 Å². The standard InChI is InChI=1S/C19H20N6O2/c1-12-20-16(24-23-12)7-8-17(26)25-10-9-14-15(11-25)21-18(22-19(14)27)13-5-3-2-4-6-13/h2-6H,7-11H2,1H3,(H,20,23,24)(H,21,22,27). The van der Waals surface area contributed by atoms with Crippen molar-refractivity contribution in [2.45, 2.75) is 32.7 Å². The summed E-state index contributed by atoms with van der Waals surface area (Å²) in [5, 5.41) is 6.84. The van der Waals surface area contributed by atoms with E-state index in [1.54, 1.807) is 4.90 Å². The van der Waals surface area contributed by atoms with Crippen molar-refractivity contribution < 1.29 is 4.79 Å². The van der Waals surface area contributed by atoms with Crippen molar-refractivity contribution in [3.63, 3.8) is 0 Å². The van der Waals surface area contributed by atoms with Crippen LogP contribution in [0.25, 0.3) is 11.4 Å². The van der Waals surface area contributed by atoms with Gasteiger partial charge in [-0.25, -0.2) is 9.97 Å². The van der Waals surface area contributed by atoms with Crippen LogP contribution in [0.2, 0.25) is 0 Å². The zero-order chi connectivity index (χ0) is 18.8. The number of nitrogens with zero attached hydrogens (tertiary/aromatic N) is 4. The van der Waals surface area contributed by atoms with Gasteiger partial charge in [-0.15, -0.1) is 0 Å². The van der Waals surface area contributed by atoms with Gasteiger partial charge in [0.15, 0.2) is 5.82 Å². The lowest BCUT2D eigenvalue weighted by Gasteiger charge is -2.28. The van der Waals surface area contributed by atoms with Crippen molar-refractivity contribution >= 4 is 5.91 Å². The number of benzene rings is 1. The van der Waals surface area contributed by atoms with Crippen molar-refractivity contribution in [3.8, 4) is 11.4 Å². The van der Waals surface area contributed by atoms with E-state index in [1.807, 2.05) is 37.3 Å². The second-order valence-corrected chi connectivity index (χ2v) is 6.61. The predicted molar refractivity (Wildman–Crippen MR) is 98.9 cm³/mol. The summed E-state index contributed by atoms with van der Waals surface area (Å²) in [5.74, 6) is 1.93. The summed E-state index contributed by atoms with van der Waals surface area (Å²) in [6, 6.07) is 9.51. The third-order valence-electron chi connectivity index (χ3n) is 4.68. The van der Waals surface area contributed by atoms with Crippen molar-refractivity contribution in [1.29, 1.82) is 0 Å². The second kappa shape index (κ2) is 7.14. The summed E-state index contributed by atoms with van der Waals surface area (Å²) < 4.78 is 0. The molecule has 138 valence electrons. The molecule has 8 heteroatoms. The van der Waals surface area contributed by atoms with Gasteiger partial charge in [-0.2, -0.15) is 5.10 Å². The molecular formula is C19H20N6O2. The van der Waals surface area contributed by atoms with Crippen LogP contribution in [0.1, 0.15) is 29.3 Å². The third-order valence-corrected chi connectivity index (χ3v) is 4.68. The minimum atomic E-state index is -0.123. The first-order valence-corrected chi connectivity index (χ1v) is 8.93. The van der Waals surface area contributed by atoms with Crippen molar-refractivity contribution in [1.82, 2.24) is 30.0 Å². The topological polar surface area (TPSA) is 108 Å². The molecule has 0 atom stereocenters. The van der Waals surface area contributed by atoms with Gasteiger partial charge in [-0.05, 0) is 13.3 Å². The Balaban J connectivity index is 1.50. The highest BCUT2D eigenvalue weighted by Crippen LogP contribution is 2.19. The summed E-state index contributed by atoms with van der Waals surface area (Å²) >= 11 is 0. The van der Waals surface area contributed by atoms with Crippen molar-refractivity contribution in [2.75, 3.05) is 6.54 Å². The summed E-state index contributed by atoms with van der Waals surface area (Å²) in [6.07, 6.45) is 1.34. The maximum Gasteiger partial charge on any atom is 0.254 e. The van der Waals surface area contributed by atoms with Crippen LogP contribution < -0.4 is 5.56 Å². The van der Waals surface area contributed by atoms with Gasteiger partial charge in [-0.3, -0.25) is 14.7 Å². The smallest absolute Gasteiger partial charge is 0.254 e. The fraction of sp³-hybridized carbons (Fsp3) is 0.316. The normalized spacial score (nSPS) is 13.4. The van der Waals surface area contributed by atoms with Crippen LogP contribution in [-0.2, 0) is 24.2 Å². The number of nitrogens with one attached hydrogen (secondary N) is 2. The molecule has 27 heavy (non-hydrogen) atoms. The molecule has 1 aliphatic rings. The molecule has 0 spiro atoms. The molecule has 2 aromatic heterocycles. The van der Waals surface area contributed by atoms with Crippen LogP contribution in [0.15, 0.2) is 35.1 Å². The summed E-state index contributed by atoms with van der Waals surface area (Å²) in [4.78, 5) is 38.5. The molecule has 2 N–H and O–H groups in total. The Labute approximate surface area is 155 Å². The number of carbonyl (C=O) groups is 1. The van der Waals surface area contributed by atoms with E-state index in [0.717, 1.165) is 11.4 Å². The largest absolute Gasteiger partial charge is 0.336 e. The van der Waals surface area contributed by atoms with Crippen molar-refractivity contribution in [3.05, 3.63) is 63.6 Å². The van der Waals surface area contributed by atoms with Gasteiger partial charge < -0.3 is 9.88 Å². The fourth-order valence-corrected chi connectivity index (χ4v) is 3.26. The van der Waals surface area contributed by atoms with E-state index in [1.165, 1.54) is 0 Å². The Kier molecular flexibility index (Phi) is 4.53. The maximum atomic E-state index is 12.6. The van der Waals surface area contributed by atoms with Crippen LogP contribution in [-0.4, -0.2) is 42.5 Å². The number of aromatic amines is 2. The molecule has 1 amide bonds. The highest BCUT2D eigenvalue weighted by Gasteiger charge is 2.24. The number of hydrogen-bond donors (Lipinski definition) is 2. The first-order chi connectivity index (χ1) is 13.1. The molecule has 0 bridgehead atoms. The molecule has 3 heterocycles. The number of hydrogen-bond acceptors (Lipinski definition) is 5. The zero-order valence-corrected chi connectivity index (χ0v) is 15.0. The van der Waals surface area contributed by atoms with E-state index in [-0.39, 0.29) is 11.5 Å². The summed E-state index contributed by atoms with van der Waals surface area (Å²) in [5.41, 5.74) is 2.07. The van der Waals surface area contributed by atoms with E-state index in [2.05, 4.69) is 25.1 Å². The van der Waals surface area contributed by atoms with Crippen LogP contribution in [0.3, 0.4) is 0 Å². The van der Waals surface area contributed by atoms with Crippen LogP contribution in [0.5, 0.6) is 0 Å². The highest BCUT2D eigenvalue weighted by molar-refractivity contribution is 5.76.